The minimum Gasteiger partial charge on any atom is -0.497 e. The van der Waals surface area contributed by atoms with Crippen LogP contribution < -0.4 is 9.54 Å². The van der Waals surface area contributed by atoms with Crippen molar-refractivity contribution >= 4 is 33.4 Å². The number of aromatic nitrogens is 1. The molecule has 1 amide bonds. The standard InChI is InChI=1S/C15H18N2O4S/c1-4-13(18)16-15-17(8-7-14(19)21-3)11-6-5-10(20-2)9-12(11)22-15/h5-6,9H,4,7-8H2,1-3H3. The van der Waals surface area contributed by atoms with Crippen LogP contribution >= 0.6 is 11.3 Å². The third-order valence-corrected chi connectivity index (χ3v) is 4.22. The summed E-state index contributed by atoms with van der Waals surface area (Å²) in [5, 5.41) is 0. The van der Waals surface area contributed by atoms with Crippen molar-refractivity contribution in [3.63, 3.8) is 0 Å². The third-order valence-electron chi connectivity index (χ3n) is 3.18. The number of ether oxygens (including phenoxy) is 2. The molecule has 0 fully saturated rings. The molecule has 0 atom stereocenters. The van der Waals surface area contributed by atoms with E-state index in [9.17, 15) is 9.59 Å². The van der Waals surface area contributed by atoms with E-state index in [0.717, 1.165) is 16.0 Å². The van der Waals surface area contributed by atoms with Crippen LogP contribution in [0.1, 0.15) is 19.8 Å². The molecule has 0 aliphatic carbocycles. The van der Waals surface area contributed by atoms with E-state index < -0.39 is 0 Å². The molecule has 0 bridgehead atoms. The number of aryl methyl sites for hydroxylation is 1. The number of nitrogens with zero attached hydrogens (tertiary/aromatic N) is 2. The van der Waals surface area contributed by atoms with Crippen LogP contribution in [0.25, 0.3) is 10.2 Å². The molecule has 1 aromatic carbocycles. The maximum Gasteiger partial charge on any atom is 0.307 e. The number of fused-ring (bicyclic) bond motifs is 1. The fourth-order valence-electron chi connectivity index (χ4n) is 1.97. The van der Waals surface area contributed by atoms with Gasteiger partial charge >= 0.3 is 5.97 Å². The lowest BCUT2D eigenvalue weighted by Gasteiger charge is -2.05. The van der Waals surface area contributed by atoms with Gasteiger partial charge in [0.2, 0.25) is 5.91 Å². The first-order valence-corrected chi connectivity index (χ1v) is 7.72. The lowest BCUT2D eigenvalue weighted by atomic mass is 10.3. The van der Waals surface area contributed by atoms with Gasteiger partial charge in [0.25, 0.3) is 0 Å². The molecule has 118 valence electrons. The second-order valence-electron chi connectivity index (χ2n) is 4.56. The van der Waals surface area contributed by atoms with Crippen molar-refractivity contribution in [3.8, 4) is 5.75 Å². The number of methoxy groups -OCH3 is 2. The maximum atomic E-state index is 11.6. The molecule has 2 aromatic rings. The Morgan fingerprint density at radius 1 is 1.32 bits per heavy atom. The van der Waals surface area contributed by atoms with E-state index in [0.29, 0.717) is 17.8 Å². The Balaban J connectivity index is 2.52. The number of benzene rings is 1. The van der Waals surface area contributed by atoms with Crippen molar-refractivity contribution in [2.75, 3.05) is 14.2 Å². The molecule has 0 saturated carbocycles. The zero-order valence-electron chi connectivity index (χ0n) is 12.8. The summed E-state index contributed by atoms with van der Waals surface area (Å²) in [7, 11) is 2.96. The first kappa shape index (κ1) is 16.2. The van der Waals surface area contributed by atoms with Crippen LogP contribution in [-0.4, -0.2) is 30.7 Å². The summed E-state index contributed by atoms with van der Waals surface area (Å²) in [4.78, 5) is 27.7. The molecule has 0 aliphatic heterocycles. The highest BCUT2D eigenvalue weighted by atomic mass is 32.1. The molecule has 7 heteroatoms. The average Bonchev–Trinajstić information content (AvgIpc) is 2.88. The summed E-state index contributed by atoms with van der Waals surface area (Å²) in [6, 6.07) is 5.64. The van der Waals surface area contributed by atoms with E-state index in [-0.39, 0.29) is 18.3 Å². The Labute approximate surface area is 132 Å². The molecule has 0 spiro atoms. The lowest BCUT2D eigenvalue weighted by molar-refractivity contribution is -0.140. The Morgan fingerprint density at radius 3 is 2.73 bits per heavy atom. The molecule has 22 heavy (non-hydrogen) atoms. The number of amides is 1. The van der Waals surface area contributed by atoms with Crippen LogP contribution in [0.4, 0.5) is 0 Å². The zero-order chi connectivity index (χ0) is 16.1. The molecular weight excluding hydrogens is 304 g/mol. The van der Waals surface area contributed by atoms with Gasteiger partial charge < -0.3 is 14.0 Å². The predicted molar refractivity (Wildman–Crippen MR) is 83.9 cm³/mol. The predicted octanol–water partition coefficient (Wildman–Crippen LogP) is 2.11. The molecular formula is C15H18N2O4S. The van der Waals surface area contributed by atoms with E-state index in [4.69, 9.17) is 4.74 Å². The summed E-state index contributed by atoms with van der Waals surface area (Å²) in [5.74, 6) is 0.251. The molecule has 0 aliphatic rings. The van der Waals surface area contributed by atoms with Crippen molar-refractivity contribution in [1.29, 1.82) is 0 Å². The van der Waals surface area contributed by atoms with Crippen LogP contribution in [0.2, 0.25) is 0 Å². The topological polar surface area (TPSA) is 69.9 Å². The monoisotopic (exact) mass is 322 g/mol. The van der Waals surface area contributed by atoms with Gasteiger partial charge in [-0.3, -0.25) is 9.59 Å². The SMILES string of the molecule is CCC(=O)N=c1sc2cc(OC)ccc2n1CCC(=O)OC. The Bertz CT molecular complexity index is 760. The molecule has 2 rings (SSSR count). The van der Waals surface area contributed by atoms with Crippen LogP contribution in [0.3, 0.4) is 0 Å². The minimum absolute atomic E-state index is 0.190. The van der Waals surface area contributed by atoms with Gasteiger partial charge in [-0.05, 0) is 18.2 Å². The molecule has 0 radical (unpaired) electrons. The molecule has 1 aromatic heterocycles. The zero-order valence-corrected chi connectivity index (χ0v) is 13.6. The van der Waals surface area contributed by atoms with Crippen LogP contribution in [0.5, 0.6) is 5.75 Å². The van der Waals surface area contributed by atoms with Gasteiger partial charge in [-0.1, -0.05) is 18.3 Å². The molecule has 6 nitrogen and oxygen atoms in total. The van der Waals surface area contributed by atoms with E-state index in [1.54, 1.807) is 14.0 Å². The smallest absolute Gasteiger partial charge is 0.307 e. The number of hydrogen-bond donors (Lipinski definition) is 0. The third kappa shape index (κ3) is 3.54. The molecule has 0 N–H and O–H groups in total. The summed E-state index contributed by atoms with van der Waals surface area (Å²) < 4.78 is 12.7. The number of thiazole rings is 1. The Morgan fingerprint density at radius 2 is 2.09 bits per heavy atom. The van der Waals surface area contributed by atoms with Gasteiger partial charge in [0, 0.05) is 13.0 Å². The number of carbonyl (C=O) groups is 2. The average molecular weight is 322 g/mol. The summed E-state index contributed by atoms with van der Waals surface area (Å²) in [6.07, 6.45) is 0.566. The van der Waals surface area contributed by atoms with Gasteiger partial charge in [-0.15, -0.1) is 0 Å². The highest BCUT2D eigenvalue weighted by Gasteiger charge is 2.10. The normalized spacial score (nSPS) is 11.7. The lowest BCUT2D eigenvalue weighted by Crippen LogP contribution is -2.19. The quantitative estimate of drug-likeness (QED) is 0.791. The summed E-state index contributed by atoms with van der Waals surface area (Å²) in [5.41, 5.74) is 0.914. The van der Waals surface area contributed by atoms with E-state index >= 15 is 0 Å². The fourth-order valence-corrected chi connectivity index (χ4v) is 3.07. The van der Waals surface area contributed by atoms with Gasteiger partial charge in [-0.2, -0.15) is 4.99 Å². The van der Waals surface area contributed by atoms with Crippen molar-refractivity contribution in [1.82, 2.24) is 4.57 Å². The van der Waals surface area contributed by atoms with Crippen LogP contribution in [0.15, 0.2) is 23.2 Å². The molecule has 0 saturated heterocycles. The Kier molecular flexibility index (Phi) is 5.32. The fraction of sp³-hybridized carbons (Fsp3) is 0.400. The van der Waals surface area contributed by atoms with Crippen molar-refractivity contribution in [2.45, 2.75) is 26.3 Å². The summed E-state index contributed by atoms with van der Waals surface area (Å²) >= 11 is 1.40. The van der Waals surface area contributed by atoms with Gasteiger partial charge in [-0.25, -0.2) is 0 Å². The number of hydrogen-bond acceptors (Lipinski definition) is 5. The first-order chi connectivity index (χ1) is 10.6. The largest absolute Gasteiger partial charge is 0.497 e. The minimum atomic E-state index is -0.298. The van der Waals surface area contributed by atoms with E-state index in [1.165, 1.54) is 18.4 Å². The van der Waals surface area contributed by atoms with Gasteiger partial charge in [0.05, 0.1) is 30.9 Å². The van der Waals surface area contributed by atoms with Gasteiger partial charge in [0.15, 0.2) is 4.80 Å². The highest BCUT2D eigenvalue weighted by molar-refractivity contribution is 7.16. The first-order valence-electron chi connectivity index (χ1n) is 6.90. The van der Waals surface area contributed by atoms with E-state index in [1.807, 2.05) is 22.8 Å². The van der Waals surface area contributed by atoms with Crippen molar-refractivity contribution in [2.24, 2.45) is 4.99 Å². The maximum absolute atomic E-state index is 11.6. The molecule has 0 unspecified atom stereocenters. The number of carbonyl (C=O) groups excluding carboxylic acids is 2. The molecule has 1 heterocycles. The highest BCUT2D eigenvalue weighted by Crippen LogP contribution is 2.23. The number of rotatable bonds is 5. The summed E-state index contributed by atoms with van der Waals surface area (Å²) in [6.45, 7) is 2.18. The van der Waals surface area contributed by atoms with Crippen LogP contribution in [-0.2, 0) is 20.9 Å². The van der Waals surface area contributed by atoms with Crippen LogP contribution in [0, 0.1) is 0 Å². The second kappa shape index (κ2) is 7.22. The van der Waals surface area contributed by atoms with E-state index in [2.05, 4.69) is 9.73 Å². The van der Waals surface area contributed by atoms with Crippen molar-refractivity contribution < 1.29 is 19.1 Å². The Hall–Kier alpha value is -2.15. The van der Waals surface area contributed by atoms with Gasteiger partial charge in [0.1, 0.15) is 5.75 Å². The van der Waals surface area contributed by atoms with Crippen molar-refractivity contribution in [3.05, 3.63) is 23.0 Å². The second-order valence-corrected chi connectivity index (χ2v) is 5.56. The number of esters is 1.